The van der Waals surface area contributed by atoms with Gasteiger partial charge in [0.15, 0.2) is 0 Å². The number of nitriles is 4. The van der Waals surface area contributed by atoms with Crippen LogP contribution in [0.5, 0.6) is 0 Å². The molecule has 6 aromatic carbocycles. The average Bonchev–Trinajstić information content (AvgIpc) is 3.30. The van der Waals surface area contributed by atoms with E-state index in [2.05, 4.69) is 74.6 Å². The second-order valence-electron chi connectivity index (χ2n) is 14.7. The van der Waals surface area contributed by atoms with Crippen LogP contribution in [0.2, 0.25) is 0 Å². The topological polar surface area (TPSA) is 171 Å². The van der Waals surface area contributed by atoms with Crippen LogP contribution in [0, 0.1) is 84.7 Å². The summed E-state index contributed by atoms with van der Waals surface area (Å²) in [5.74, 6) is 0.0698. The largest absolute Gasteiger partial charge is 0.324 e. The van der Waals surface area contributed by atoms with Crippen LogP contribution in [0.15, 0.2) is 131 Å². The maximum absolute atomic E-state index is 14.5. The van der Waals surface area contributed by atoms with E-state index < -0.39 is 0 Å². The number of aromatic nitrogens is 4. The predicted molar refractivity (Wildman–Crippen MR) is 263 cm³/mol. The van der Waals surface area contributed by atoms with E-state index in [1.165, 1.54) is 47.5 Å². The molecule has 10 nitrogen and oxygen atoms in total. The molecule has 14 heteroatoms. The summed E-state index contributed by atoms with van der Waals surface area (Å²) in [6, 6.07) is 35.7. The molecular weight excluding hydrogens is 962 g/mol. The van der Waals surface area contributed by atoms with Crippen molar-refractivity contribution in [1.82, 2.24) is 19.9 Å². The maximum Gasteiger partial charge on any atom is 0.227 e. The van der Waals surface area contributed by atoms with Crippen molar-refractivity contribution in [3.63, 3.8) is 0 Å². The number of halogens is 4. The number of rotatable bonds is 7. The number of nitrogens with zero attached hydrogens (tertiary/aromatic N) is 8. The van der Waals surface area contributed by atoms with Gasteiger partial charge in [0.1, 0.15) is 11.6 Å². The van der Waals surface area contributed by atoms with Crippen molar-refractivity contribution in [3.05, 3.63) is 187 Å². The molecule has 0 amide bonds. The number of anilines is 4. The first-order chi connectivity index (χ1) is 31.8. The third-order valence-corrected chi connectivity index (χ3v) is 11.6. The van der Waals surface area contributed by atoms with Gasteiger partial charge in [0.05, 0.1) is 46.4 Å². The average molecular weight is 999 g/mol. The smallest absolute Gasteiger partial charge is 0.227 e. The third kappa shape index (κ3) is 12.1. The Morgan fingerprint density at radius 3 is 1.42 bits per heavy atom. The van der Waals surface area contributed by atoms with E-state index in [0.29, 0.717) is 54.9 Å². The SMILES string of the molecule is Cc1cc(/C=C/C#N)cc(C)c1-c1cc(F)cc2cnc(Nc3ccc(C#N)cc3)nc12.Cc1cc(/C=C/C#N)cc(C)c1Br.N#Cc1ccc(Nc2ncc3cc(F)cc(Br)c3n2)cc1. The molecule has 8 aromatic rings. The lowest BCUT2D eigenvalue weighted by Crippen LogP contribution is -1.99. The number of hydrogen-bond acceptors (Lipinski definition) is 10. The van der Waals surface area contributed by atoms with E-state index in [-0.39, 0.29) is 11.6 Å². The first-order valence-corrected chi connectivity index (χ1v) is 21.5. The van der Waals surface area contributed by atoms with Gasteiger partial charge in [-0.2, -0.15) is 21.0 Å². The lowest BCUT2D eigenvalue weighted by molar-refractivity contribution is 0.628. The van der Waals surface area contributed by atoms with E-state index >= 15 is 0 Å². The molecule has 0 aliphatic rings. The Kier molecular flexibility index (Phi) is 15.8. The molecule has 0 fully saturated rings. The molecule has 8 rings (SSSR count). The standard InChI is InChI=1S/C26H18FN5.C15H8BrFN4.C11H10BrN/c1-16-10-19(4-3-9-28)11-17(2)24(16)23-13-21(27)12-20-15-30-26(32-25(20)23)31-22-7-5-18(14-29)6-8-22;16-13-6-11(17)5-10-8-19-15(21-14(10)13)20-12-3-1-9(7-18)2-4-12;1-8-6-10(4-3-5-13)7-9(2)11(8)12/h3-8,10-13,15H,1-2H3,(H,30,31,32);1-6,8H,(H,19,20,21);3-4,6-7H,1-2H3/b4-3+;;4-3+. The van der Waals surface area contributed by atoms with Crippen LogP contribution in [0.1, 0.15) is 44.5 Å². The Bertz CT molecular complexity index is 3300. The van der Waals surface area contributed by atoms with Crippen LogP contribution in [-0.4, -0.2) is 19.9 Å². The second kappa shape index (κ2) is 22.0. The summed E-state index contributed by atoms with van der Waals surface area (Å²) in [4.78, 5) is 17.5. The molecule has 0 aliphatic heterocycles. The minimum Gasteiger partial charge on any atom is -0.324 e. The summed E-state index contributed by atoms with van der Waals surface area (Å²) in [5, 5.41) is 42.3. The van der Waals surface area contributed by atoms with Crippen molar-refractivity contribution in [3.8, 4) is 35.4 Å². The van der Waals surface area contributed by atoms with Gasteiger partial charge < -0.3 is 10.6 Å². The lowest BCUT2D eigenvalue weighted by atomic mass is 9.92. The minimum atomic E-state index is -0.365. The monoisotopic (exact) mass is 996 g/mol. The molecule has 66 heavy (non-hydrogen) atoms. The van der Waals surface area contributed by atoms with E-state index in [9.17, 15) is 8.78 Å². The highest BCUT2D eigenvalue weighted by molar-refractivity contribution is 9.11. The fourth-order valence-corrected chi connectivity index (χ4v) is 7.63. The zero-order valence-electron chi connectivity index (χ0n) is 35.8. The fourth-order valence-electron chi connectivity index (χ4n) is 6.86. The molecule has 0 unspecified atom stereocenters. The van der Waals surface area contributed by atoms with Gasteiger partial charge in [-0.3, -0.25) is 0 Å². The van der Waals surface area contributed by atoms with Gasteiger partial charge in [-0.1, -0.05) is 40.2 Å². The number of hydrogen-bond donors (Lipinski definition) is 2. The fraction of sp³-hybridized carbons (Fsp3) is 0.0769. The zero-order chi connectivity index (χ0) is 47.3. The molecule has 0 saturated carbocycles. The molecule has 2 aromatic heterocycles. The second-order valence-corrected chi connectivity index (χ2v) is 16.3. The van der Waals surface area contributed by atoms with E-state index in [4.69, 9.17) is 21.0 Å². The summed E-state index contributed by atoms with van der Waals surface area (Å²) in [6.07, 6.45) is 9.63. The molecule has 2 N–H and O–H groups in total. The molecule has 0 radical (unpaired) electrons. The van der Waals surface area contributed by atoms with Gasteiger partial charge in [0.2, 0.25) is 11.9 Å². The van der Waals surface area contributed by atoms with Crippen LogP contribution >= 0.6 is 31.9 Å². The normalized spacial score (nSPS) is 10.5. The molecule has 0 spiro atoms. The maximum atomic E-state index is 14.5. The van der Waals surface area contributed by atoms with Crippen LogP contribution in [0.25, 0.3) is 45.1 Å². The third-order valence-electron chi connectivity index (χ3n) is 9.77. The van der Waals surface area contributed by atoms with Gasteiger partial charge in [-0.15, -0.1) is 0 Å². The molecule has 2 heterocycles. The van der Waals surface area contributed by atoms with Crippen molar-refractivity contribution < 1.29 is 8.78 Å². The van der Waals surface area contributed by atoms with E-state index in [0.717, 1.165) is 43.7 Å². The number of aryl methyl sites for hydroxylation is 4. The van der Waals surface area contributed by atoms with Crippen molar-refractivity contribution in [1.29, 1.82) is 21.0 Å². The summed E-state index contributed by atoms with van der Waals surface area (Å²) in [5.41, 5.74) is 11.8. The van der Waals surface area contributed by atoms with Gasteiger partial charge in [-0.05, 0) is 168 Å². The van der Waals surface area contributed by atoms with E-state index in [1.807, 2.05) is 70.2 Å². The van der Waals surface area contributed by atoms with Crippen molar-refractivity contribution >= 4 is 89.1 Å². The Labute approximate surface area is 397 Å². The van der Waals surface area contributed by atoms with Crippen LogP contribution < -0.4 is 10.6 Å². The van der Waals surface area contributed by atoms with Gasteiger partial charge >= 0.3 is 0 Å². The molecule has 0 saturated heterocycles. The number of nitrogens with one attached hydrogen (secondary N) is 2. The Morgan fingerprint density at radius 2 is 0.970 bits per heavy atom. The summed E-state index contributed by atoms with van der Waals surface area (Å²) >= 11 is 6.78. The Balaban J connectivity index is 0.000000181. The molecule has 0 atom stereocenters. The number of benzene rings is 6. The summed E-state index contributed by atoms with van der Waals surface area (Å²) < 4.78 is 29.5. The van der Waals surface area contributed by atoms with E-state index in [1.54, 1.807) is 67.0 Å². The van der Waals surface area contributed by atoms with Gasteiger partial charge in [0, 0.05) is 61.2 Å². The van der Waals surface area contributed by atoms with Crippen molar-refractivity contribution in [2.75, 3.05) is 10.6 Å². The summed E-state index contributed by atoms with van der Waals surface area (Å²) in [6.45, 7) is 8.00. The molecule has 322 valence electrons. The predicted octanol–water partition coefficient (Wildman–Crippen LogP) is 14.0. The Hall–Kier alpha value is -8.14. The van der Waals surface area contributed by atoms with Crippen molar-refractivity contribution in [2.24, 2.45) is 0 Å². The summed E-state index contributed by atoms with van der Waals surface area (Å²) in [7, 11) is 0. The number of fused-ring (bicyclic) bond motifs is 2. The number of allylic oxidation sites excluding steroid dienone is 2. The van der Waals surface area contributed by atoms with Crippen LogP contribution in [0.3, 0.4) is 0 Å². The lowest BCUT2D eigenvalue weighted by Gasteiger charge is -2.15. The molecular formula is C52H36Br2F2N10. The molecule has 0 bridgehead atoms. The highest BCUT2D eigenvalue weighted by Gasteiger charge is 2.15. The first kappa shape index (κ1) is 47.3. The quantitative estimate of drug-likeness (QED) is 0.146. The van der Waals surface area contributed by atoms with Gasteiger partial charge in [-0.25, -0.2) is 28.7 Å². The van der Waals surface area contributed by atoms with Crippen LogP contribution in [-0.2, 0) is 0 Å². The highest BCUT2D eigenvalue weighted by atomic mass is 79.9. The highest BCUT2D eigenvalue weighted by Crippen LogP contribution is 2.35. The first-order valence-electron chi connectivity index (χ1n) is 19.9. The van der Waals surface area contributed by atoms with Gasteiger partial charge in [0.25, 0.3) is 0 Å². The van der Waals surface area contributed by atoms with Crippen molar-refractivity contribution in [2.45, 2.75) is 27.7 Å². The molecule has 0 aliphatic carbocycles. The minimum absolute atomic E-state index is 0.342. The Morgan fingerprint density at radius 1 is 0.545 bits per heavy atom. The van der Waals surface area contributed by atoms with Crippen LogP contribution in [0.4, 0.5) is 32.1 Å². The zero-order valence-corrected chi connectivity index (χ0v) is 39.0.